The molecule has 0 spiro atoms. The molecule has 0 aliphatic carbocycles. The minimum absolute atomic E-state index is 0.00702. The van der Waals surface area contributed by atoms with Gasteiger partial charge in [-0.25, -0.2) is 9.59 Å². The number of esters is 3. The number of unbranched alkanes of at least 4 members (excludes halogenated alkanes) is 3. The van der Waals surface area contributed by atoms with E-state index in [0.717, 1.165) is 31.4 Å². The third-order valence-corrected chi connectivity index (χ3v) is 6.29. The zero-order chi connectivity index (χ0) is 31.9. The highest BCUT2D eigenvalue weighted by Crippen LogP contribution is 2.11. The van der Waals surface area contributed by atoms with Gasteiger partial charge in [0.05, 0.1) is 26.4 Å². The summed E-state index contributed by atoms with van der Waals surface area (Å²) in [5.74, 6) is -0.361. The van der Waals surface area contributed by atoms with E-state index >= 15 is 0 Å². The van der Waals surface area contributed by atoms with Crippen molar-refractivity contribution < 1.29 is 38.2 Å². The monoisotopic (exact) mass is 601 g/mol. The Morgan fingerprint density at radius 3 is 1.79 bits per heavy atom. The molecule has 0 aliphatic rings. The molecule has 0 saturated heterocycles. The summed E-state index contributed by atoms with van der Waals surface area (Å²) in [7, 11) is 0. The fourth-order valence-corrected chi connectivity index (χ4v) is 3.67. The SMILES string of the molecule is C#CCNc1ccc(C(=O)N[C@@H](CCC(=O)N[C@H](CCC(=O)OCCCC)C(=O)OCCCC)C(=O)OCCCC)cc1. The predicted octanol–water partition coefficient (Wildman–Crippen LogP) is 3.91. The molecule has 0 saturated carbocycles. The number of anilines is 1. The Morgan fingerprint density at radius 2 is 1.26 bits per heavy atom. The Kier molecular flexibility index (Phi) is 19.4. The van der Waals surface area contributed by atoms with Gasteiger partial charge in [-0.2, -0.15) is 0 Å². The van der Waals surface area contributed by atoms with Gasteiger partial charge in [0.15, 0.2) is 0 Å². The lowest BCUT2D eigenvalue weighted by Gasteiger charge is -2.20. The van der Waals surface area contributed by atoms with Gasteiger partial charge in [-0.15, -0.1) is 6.42 Å². The van der Waals surface area contributed by atoms with Crippen molar-refractivity contribution in [1.29, 1.82) is 0 Å². The Hall–Kier alpha value is -4.07. The molecule has 0 aromatic heterocycles. The lowest BCUT2D eigenvalue weighted by atomic mass is 10.1. The molecule has 3 N–H and O–H groups in total. The molecule has 0 aliphatic heterocycles. The van der Waals surface area contributed by atoms with Crippen LogP contribution in [0.2, 0.25) is 0 Å². The first-order valence-corrected chi connectivity index (χ1v) is 15.1. The van der Waals surface area contributed by atoms with Crippen LogP contribution < -0.4 is 16.0 Å². The summed E-state index contributed by atoms with van der Waals surface area (Å²) < 4.78 is 15.7. The van der Waals surface area contributed by atoms with Gasteiger partial charge in [0.1, 0.15) is 12.1 Å². The zero-order valence-electron chi connectivity index (χ0n) is 25.7. The maximum atomic E-state index is 12.9. The summed E-state index contributed by atoms with van der Waals surface area (Å²) in [5.41, 5.74) is 1.04. The molecular formula is C32H47N3O8. The molecule has 2 atom stereocenters. The number of carbonyl (C=O) groups excluding carboxylic acids is 5. The molecule has 2 amide bonds. The third kappa shape index (κ3) is 16.2. The molecule has 0 radical (unpaired) electrons. The summed E-state index contributed by atoms with van der Waals surface area (Å²) in [6.45, 7) is 6.89. The summed E-state index contributed by atoms with van der Waals surface area (Å²) in [4.78, 5) is 63.4. The van der Waals surface area contributed by atoms with Crippen molar-refractivity contribution in [2.24, 2.45) is 0 Å². The van der Waals surface area contributed by atoms with E-state index < -0.39 is 41.8 Å². The van der Waals surface area contributed by atoms with Crippen LogP contribution in [0.5, 0.6) is 0 Å². The van der Waals surface area contributed by atoms with Gasteiger partial charge >= 0.3 is 17.9 Å². The van der Waals surface area contributed by atoms with Gasteiger partial charge in [0.25, 0.3) is 5.91 Å². The van der Waals surface area contributed by atoms with Crippen molar-refractivity contribution in [2.45, 2.75) is 97.1 Å². The Bertz CT molecular complexity index is 1050. The molecule has 0 heterocycles. The summed E-state index contributed by atoms with van der Waals surface area (Å²) in [6, 6.07) is 4.39. The molecule has 43 heavy (non-hydrogen) atoms. The molecule has 11 nitrogen and oxygen atoms in total. The predicted molar refractivity (Wildman–Crippen MR) is 163 cm³/mol. The van der Waals surface area contributed by atoms with Gasteiger partial charge < -0.3 is 30.2 Å². The van der Waals surface area contributed by atoms with Crippen LogP contribution in [0.1, 0.15) is 95.3 Å². The number of benzene rings is 1. The van der Waals surface area contributed by atoms with Crippen molar-refractivity contribution >= 4 is 35.4 Å². The standard InChI is InChI=1S/C32H47N3O8/c1-5-9-21-41-29(37)19-17-26(31(39)42-22-10-6-2)34-28(36)18-16-27(32(40)43-23-11-7-3)35-30(38)24-12-14-25(15-13-24)33-20-8-4/h4,12-15,26-27,33H,5-7,9-11,16-23H2,1-3H3,(H,34,36)(H,35,38)/t26-,27+/m1/s1. The van der Waals surface area contributed by atoms with E-state index in [4.69, 9.17) is 20.6 Å². The second-order valence-corrected chi connectivity index (χ2v) is 9.97. The highest BCUT2D eigenvalue weighted by Gasteiger charge is 2.27. The zero-order valence-corrected chi connectivity index (χ0v) is 25.7. The van der Waals surface area contributed by atoms with Crippen LogP contribution in [-0.2, 0) is 33.4 Å². The van der Waals surface area contributed by atoms with Crippen LogP contribution in [0.3, 0.4) is 0 Å². The summed E-state index contributed by atoms with van der Waals surface area (Å²) >= 11 is 0. The van der Waals surface area contributed by atoms with Crippen LogP contribution >= 0.6 is 0 Å². The maximum Gasteiger partial charge on any atom is 0.328 e. The van der Waals surface area contributed by atoms with E-state index in [9.17, 15) is 24.0 Å². The Morgan fingerprint density at radius 1 is 0.744 bits per heavy atom. The summed E-state index contributed by atoms with van der Waals surface area (Å²) in [5, 5.41) is 8.27. The molecule has 1 aromatic carbocycles. The maximum absolute atomic E-state index is 12.9. The van der Waals surface area contributed by atoms with Gasteiger partial charge in [-0.05, 0) is 56.4 Å². The van der Waals surface area contributed by atoms with Crippen LogP contribution in [-0.4, -0.2) is 68.2 Å². The third-order valence-electron chi connectivity index (χ3n) is 6.29. The number of carbonyl (C=O) groups is 5. The van der Waals surface area contributed by atoms with E-state index in [1.807, 2.05) is 20.8 Å². The van der Waals surface area contributed by atoms with Gasteiger partial charge in [0.2, 0.25) is 5.91 Å². The lowest BCUT2D eigenvalue weighted by Crippen LogP contribution is -2.45. The number of ether oxygens (including phenoxy) is 3. The highest BCUT2D eigenvalue weighted by atomic mass is 16.5. The number of amides is 2. The average Bonchev–Trinajstić information content (AvgIpc) is 3.00. The number of rotatable bonds is 22. The van der Waals surface area contributed by atoms with Gasteiger partial charge in [-0.3, -0.25) is 14.4 Å². The second-order valence-electron chi connectivity index (χ2n) is 9.97. The van der Waals surface area contributed by atoms with Crippen molar-refractivity contribution in [3.63, 3.8) is 0 Å². The van der Waals surface area contributed by atoms with E-state index in [1.54, 1.807) is 24.3 Å². The molecule has 1 aromatic rings. The first-order valence-electron chi connectivity index (χ1n) is 15.1. The number of nitrogens with one attached hydrogen (secondary N) is 3. The van der Waals surface area contributed by atoms with E-state index in [0.29, 0.717) is 31.6 Å². The van der Waals surface area contributed by atoms with Crippen molar-refractivity contribution in [1.82, 2.24) is 10.6 Å². The van der Waals surface area contributed by atoms with Crippen LogP contribution in [0.4, 0.5) is 5.69 Å². The van der Waals surface area contributed by atoms with Gasteiger partial charge in [-0.1, -0.05) is 46.0 Å². The van der Waals surface area contributed by atoms with Gasteiger partial charge in [0, 0.05) is 24.1 Å². The number of hydrogen-bond acceptors (Lipinski definition) is 9. The van der Waals surface area contributed by atoms with E-state index in [2.05, 4.69) is 21.9 Å². The molecule has 1 rings (SSSR count). The minimum Gasteiger partial charge on any atom is -0.466 e. The molecule has 11 heteroatoms. The van der Waals surface area contributed by atoms with Crippen LogP contribution in [0.15, 0.2) is 24.3 Å². The molecule has 0 unspecified atom stereocenters. The smallest absolute Gasteiger partial charge is 0.328 e. The van der Waals surface area contributed by atoms with E-state index in [-0.39, 0.29) is 38.9 Å². The largest absolute Gasteiger partial charge is 0.466 e. The molecular weight excluding hydrogens is 554 g/mol. The van der Waals surface area contributed by atoms with Crippen molar-refractivity contribution in [3.8, 4) is 12.3 Å². The minimum atomic E-state index is -1.10. The fraction of sp³-hybridized carbons (Fsp3) is 0.594. The molecule has 238 valence electrons. The second kappa shape index (κ2) is 22.5. The molecule has 0 bridgehead atoms. The quantitative estimate of drug-likeness (QED) is 0.0778. The van der Waals surface area contributed by atoms with Crippen LogP contribution in [0.25, 0.3) is 0 Å². The first kappa shape index (κ1) is 37.0. The normalized spacial score (nSPS) is 11.8. The number of hydrogen-bond donors (Lipinski definition) is 3. The molecule has 0 fully saturated rings. The van der Waals surface area contributed by atoms with Crippen molar-refractivity contribution in [3.05, 3.63) is 29.8 Å². The summed E-state index contributed by atoms with van der Waals surface area (Å²) in [6.07, 6.45) is 9.49. The number of terminal acetylenes is 1. The Labute approximate surface area is 255 Å². The topological polar surface area (TPSA) is 149 Å². The van der Waals surface area contributed by atoms with Crippen molar-refractivity contribution in [2.75, 3.05) is 31.7 Å². The average molecular weight is 602 g/mol. The highest BCUT2D eigenvalue weighted by molar-refractivity contribution is 5.97. The van der Waals surface area contributed by atoms with E-state index in [1.165, 1.54) is 0 Å². The first-order chi connectivity index (χ1) is 20.7. The Balaban J connectivity index is 2.87. The lowest BCUT2D eigenvalue weighted by molar-refractivity contribution is -0.150. The fourth-order valence-electron chi connectivity index (χ4n) is 3.67. The van der Waals surface area contributed by atoms with Crippen LogP contribution in [0, 0.1) is 12.3 Å².